The molecule has 0 radical (unpaired) electrons. The predicted molar refractivity (Wildman–Crippen MR) is 40.1 cm³/mol. The van der Waals surface area contributed by atoms with Crippen LogP contribution in [0.15, 0.2) is 0 Å². The van der Waals surface area contributed by atoms with Crippen LogP contribution in [0.2, 0.25) is 0 Å². The third-order valence-electron chi connectivity index (χ3n) is 2.07. The molecule has 0 aromatic rings. The van der Waals surface area contributed by atoms with E-state index in [0.717, 1.165) is 12.8 Å². The fourth-order valence-corrected chi connectivity index (χ4v) is 1.35. The van der Waals surface area contributed by atoms with Gasteiger partial charge in [-0.3, -0.25) is 4.79 Å². The van der Waals surface area contributed by atoms with Crippen LogP contribution in [-0.4, -0.2) is 28.2 Å². The molecule has 1 fully saturated rings. The van der Waals surface area contributed by atoms with Crippen molar-refractivity contribution in [1.82, 2.24) is 0 Å². The summed E-state index contributed by atoms with van der Waals surface area (Å²) < 4.78 is 0. The second-order valence-electron chi connectivity index (χ2n) is 3.12. The minimum absolute atomic E-state index is 0.126. The maximum Gasteiger partial charge on any atom is 0.163 e. The average Bonchev–Trinajstić information content (AvgIpc) is 1.95. The Hall–Kier alpha value is -0.410. The van der Waals surface area contributed by atoms with Crippen molar-refractivity contribution in [3.63, 3.8) is 0 Å². The van der Waals surface area contributed by atoms with E-state index in [1.807, 2.05) is 0 Å². The summed E-state index contributed by atoms with van der Waals surface area (Å²) in [7, 11) is 0. The van der Waals surface area contributed by atoms with Crippen molar-refractivity contribution in [2.24, 2.45) is 0 Å². The molecule has 3 nitrogen and oxygen atoms in total. The molecule has 0 aromatic carbocycles. The number of hydrogen-bond donors (Lipinski definition) is 2. The Morgan fingerprint density at radius 2 is 1.82 bits per heavy atom. The van der Waals surface area contributed by atoms with Crippen molar-refractivity contribution in [2.45, 2.75) is 44.3 Å². The first kappa shape index (κ1) is 8.68. The van der Waals surface area contributed by atoms with Crippen LogP contribution in [0.5, 0.6) is 0 Å². The topological polar surface area (TPSA) is 57.5 Å². The van der Waals surface area contributed by atoms with E-state index in [9.17, 15) is 9.90 Å². The Balaban J connectivity index is 2.45. The number of carbonyl (C=O) groups is 1. The van der Waals surface area contributed by atoms with Crippen LogP contribution in [-0.2, 0) is 4.79 Å². The number of carbonyl (C=O) groups excluding carboxylic acids is 1. The summed E-state index contributed by atoms with van der Waals surface area (Å²) in [6.45, 7) is 0. The molecule has 0 aliphatic heterocycles. The van der Waals surface area contributed by atoms with E-state index < -0.39 is 12.2 Å². The highest BCUT2D eigenvalue weighted by atomic mass is 16.3. The molecule has 0 bridgehead atoms. The van der Waals surface area contributed by atoms with Gasteiger partial charge in [-0.05, 0) is 12.8 Å². The molecule has 1 rings (SSSR count). The fourth-order valence-electron chi connectivity index (χ4n) is 1.35. The smallest absolute Gasteiger partial charge is 0.163 e. The van der Waals surface area contributed by atoms with E-state index >= 15 is 0 Å². The molecular formula is C8H14O3. The first-order valence-electron chi connectivity index (χ1n) is 4.09. The first-order valence-corrected chi connectivity index (χ1v) is 4.09. The minimum Gasteiger partial charge on any atom is -0.393 e. The number of hydrogen-bond acceptors (Lipinski definition) is 3. The van der Waals surface area contributed by atoms with Gasteiger partial charge in [0.15, 0.2) is 5.78 Å². The quantitative estimate of drug-likeness (QED) is 0.531. The van der Waals surface area contributed by atoms with E-state index in [-0.39, 0.29) is 12.2 Å². The molecule has 0 heterocycles. The second kappa shape index (κ2) is 3.83. The molecule has 1 aliphatic carbocycles. The van der Waals surface area contributed by atoms with Gasteiger partial charge in [0.25, 0.3) is 0 Å². The van der Waals surface area contributed by atoms with E-state index in [1.54, 1.807) is 0 Å². The van der Waals surface area contributed by atoms with Gasteiger partial charge in [0, 0.05) is 6.42 Å². The number of rotatable bonds is 0. The van der Waals surface area contributed by atoms with Crippen molar-refractivity contribution in [3.8, 4) is 0 Å². The zero-order valence-electron chi connectivity index (χ0n) is 6.49. The van der Waals surface area contributed by atoms with Crippen LogP contribution in [0.1, 0.15) is 32.1 Å². The Bertz CT molecular complexity index is 144. The van der Waals surface area contributed by atoms with Gasteiger partial charge in [0.2, 0.25) is 0 Å². The van der Waals surface area contributed by atoms with Gasteiger partial charge in [-0.15, -0.1) is 0 Å². The summed E-state index contributed by atoms with van der Waals surface area (Å²) in [4.78, 5) is 11.0. The zero-order chi connectivity index (χ0) is 8.27. The van der Waals surface area contributed by atoms with Crippen LogP contribution in [0, 0.1) is 0 Å². The number of aliphatic hydroxyl groups excluding tert-OH is 2. The van der Waals surface area contributed by atoms with Gasteiger partial charge in [-0.1, -0.05) is 12.8 Å². The standard InChI is InChI=1S/C8H14O3/c9-6-3-1-2-4-7(10)8(11)5-6/h6-7,9-10H,1-5H2/t6-,7+/m1/s1. The minimum atomic E-state index is -0.829. The molecule has 2 N–H and O–H groups in total. The lowest BCUT2D eigenvalue weighted by molar-refractivity contribution is -0.130. The molecule has 0 saturated heterocycles. The predicted octanol–water partition coefficient (Wildman–Crippen LogP) is 0.241. The highest BCUT2D eigenvalue weighted by Crippen LogP contribution is 2.14. The fraction of sp³-hybridized carbons (Fsp3) is 0.875. The summed E-state index contributed by atoms with van der Waals surface area (Å²) >= 11 is 0. The molecule has 0 aromatic heterocycles. The van der Waals surface area contributed by atoms with Crippen molar-refractivity contribution >= 4 is 5.78 Å². The van der Waals surface area contributed by atoms with Crippen molar-refractivity contribution in [1.29, 1.82) is 0 Å². The molecule has 2 atom stereocenters. The molecule has 11 heavy (non-hydrogen) atoms. The number of aliphatic hydroxyl groups is 2. The average molecular weight is 158 g/mol. The van der Waals surface area contributed by atoms with Gasteiger partial charge >= 0.3 is 0 Å². The molecular weight excluding hydrogens is 144 g/mol. The lowest BCUT2D eigenvalue weighted by Gasteiger charge is -2.16. The van der Waals surface area contributed by atoms with Gasteiger partial charge in [0.05, 0.1) is 6.10 Å². The van der Waals surface area contributed by atoms with Crippen LogP contribution < -0.4 is 0 Å². The van der Waals surface area contributed by atoms with Crippen LogP contribution in [0.4, 0.5) is 0 Å². The van der Waals surface area contributed by atoms with E-state index in [0.29, 0.717) is 12.8 Å². The highest BCUT2D eigenvalue weighted by Gasteiger charge is 2.20. The Morgan fingerprint density at radius 3 is 2.55 bits per heavy atom. The van der Waals surface area contributed by atoms with Crippen molar-refractivity contribution in [2.75, 3.05) is 0 Å². The molecule has 1 saturated carbocycles. The maximum atomic E-state index is 11.0. The molecule has 3 heteroatoms. The Labute approximate surface area is 66.0 Å². The molecule has 1 aliphatic rings. The largest absolute Gasteiger partial charge is 0.393 e. The van der Waals surface area contributed by atoms with Crippen molar-refractivity contribution in [3.05, 3.63) is 0 Å². The first-order chi connectivity index (χ1) is 5.20. The van der Waals surface area contributed by atoms with Gasteiger partial charge in [0.1, 0.15) is 6.10 Å². The van der Waals surface area contributed by atoms with Crippen LogP contribution >= 0.6 is 0 Å². The molecule has 0 unspecified atom stereocenters. The van der Waals surface area contributed by atoms with Gasteiger partial charge in [-0.25, -0.2) is 0 Å². The lowest BCUT2D eigenvalue weighted by atomic mass is 9.96. The monoisotopic (exact) mass is 158 g/mol. The van der Waals surface area contributed by atoms with Gasteiger partial charge in [-0.2, -0.15) is 0 Å². The normalized spacial score (nSPS) is 34.5. The molecule has 0 amide bonds. The number of Topliss-reactive ketones (excluding diaryl/α,β-unsaturated/α-hetero) is 1. The summed E-state index contributed by atoms with van der Waals surface area (Å²) in [6, 6.07) is 0. The van der Waals surface area contributed by atoms with E-state index in [4.69, 9.17) is 5.11 Å². The number of ketones is 1. The Kier molecular flexibility index (Phi) is 3.02. The Morgan fingerprint density at radius 1 is 1.18 bits per heavy atom. The third-order valence-corrected chi connectivity index (χ3v) is 2.07. The van der Waals surface area contributed by atoms with E-state index in [1.165, 1.54) is 0 Å². The van der Waals surface area contributed by atoms with Crippen molar-refractivity contribution < 1.29 is 15.0 Å². The van der Waals surface area contributed by atoms with Crippen LogP contribution in [0.3, 0.4) is 0 Å². The summed E-state index contributed by atoms with van der Waals surface area (Å²) in [6.07, 6.45) is 1.77. The molecule has 0 spiro atoms. The molecule has 64 valence electrons. The summed E-state index contributed by atoms with van der Waals surface area (Å²) in [5.74, 6) is -0.211. The summed E-state index contributed by atoms with van der Waals surface area (Å²) in [5.41, 5.74) is 0. The van der Waals surface area contributed by atoms with Gasteiger partial charge < -0.3 is 10.2 Å². The van der Waals surface area contributed by atoms with Crippen LogP contribution in [0.25, 0.3) is 0 Å². The zero-order valence-corrected chi connectivity index (χ0v) is 6.49. The van der Waals surface area contributed by atoms with E-state index in [2.05, 4.69) is 0 Å². The maximum absolute atomic E-state index is 11.0. The third kappa shape index (κ3) is 2.60. The SMILES string of the molecule is O=C1C[C@H](O)CCCC[C@@H]1O. The second-order valence-corrected chi connectivity index (χ2v) is 3.12. The lowest BCUT2D eigenvalue weighted by Crippen LogP contribution is -2.27. The highest BCUT2D eigenvalue weighted by molar-refractivity contribution is 5.83. The summed E-state index contributed by atoms with van der Waals surface area (Å²) in [5, 5.41) is 18.3.